The van der Waals surface area contributed by atoms with Crippen LogP contribution in [0.4, 0.5) is 0 Å². The standard InChI is InChI=1S/C29H49BrO2/c1-7-21(17(2)3)27(32)26(31)18(4)23-10-11-24-22-9-8-19-16-20(30)12-14-28(19,5)25(22)13-15-29(23,24)6/h8,17-18,20-27,31-32H,7,9-16H2,1-6H3/t18-,20-,21-,22-,23+,24-,25-,26-,27-,28-,29+/m0/s1. The maximum absolute atomic E-state index is 11.3. The zero-order chi connectivity index (χ0) is 23.4. The molecule has 0 aliphatic heterocycles. The average molecular weight is 510 g/mol. The maximum Gasteiger partial charge on any atom is 0.0832 e. The summed E-state index contributed by atoms with van der Waals surface area (Å²) in [5.74, 6) is 3.71. The monoisotopic (exact) mass is 508 g/mol. The van der Waals surface area contributed by atoms with Crippen molar-refractivity contribution >= 4 is 15.9 Å². The van der Waals surface area contributed by atoms with E-state index in [0.29, 0.717) is 27.5 Å². The molecule has 0 amide bonds. The second kappa shape index (κ2) is 9.30. The highest BCUT2D eigenvalue weighted by atomic mass is 79.9. The Bertz CT molecular complexity index is 703. The van der Waals surface area contributed by atoms with Crippen LogP contribution < -0.4 is 0 Å². The Balaban J connectivity index is 1.53. The molecule has 0 spiro atoms. The van der Waals surface area contributed by atoms with Gasteiger partial charge in [-0.15, -0.1) is 0 Å². The lowest BCUT2D eigenvalue weighted by molar-refractivity contribution is -0.0977. The van der Waals surface area contributed by atoms with Crippen LogP contribution in [0.1, 0.15) is 99.3 Å². The van der Waals surface area contributed by atoms with Crippen molar-refractivity contribution in [1.29, 1.82) is 0 Å². The maximum atomic E-state index is 11.3. The highest BCUT2D eigenvalue weighted by molar-refractivity contribution is 9.09. The SMILES string of the molecule is CC[C@@H](C(C)C)[C@H](O)[C@@H](O)[C@@H](C)[C@H]1CC[C@H]2[C@@H]3CC=C4C[C@@H](Br)CC[C@]4(C)[C@H]3CC[C@]12C. The molecule has 3 fully saturated rings. The van der Waals surface area contributed by atoms with Gasteiger partial charge in [0, 0.05) is 4.83 Å². The third kappa shape index (κ3) is 3.98. The Morgan fingerprint density at radius 1 is 1.00 bits per heavy atom. The van der Waals surface area contributed by atoms with E-state index in [2.05, 4.69) is 63.5 Å². The van der Waals surface area contributed by atoms with E-state index >= 15 is 0 Å². The number of fused-ring (bicyclic) bond motifs is 5. The van der Waals surface area contributed by atoms with Gasteiger partial charge in [0.1, 0.15) is 0 Å². The van der Waals surface area contributed by atoms with Gasteiger partial charge in [0.25, 0.3) is 0 Å². The van der Waals surface area contributed by atoms with E-state index in [1.807, 2.05) is 0 Å². The number of alkyl halides is 1. The smallest absolute Gasteiger partial charge is 0.0832 e. The van der Waals surface area contributed by atoms with Gasteiger partial charge in [-0.2, -0.15) is 0 Å². The normalized spacial score (nSPS) is 45.3. The van der Waals surface area contributed by atoms with Crippen LogP contribution in [0.25, 0.3) is 0 Å². The van der Waals surface area contributed by atoms with Gasteiger partial charge in [0.15, 0.2) is 0 Å². The predicted octanol–water partition coefficient (Wildman–Crippen LogP) is 7.37. The molecule has 0 aromatic rings. The summed E-state index contributed by atoms with van der Waals surface area (Å²) in [5, 5.41) is 22.4. The molecule has 4 aliphatic carbocycles. The summed E-state index contributed by atoms with van der Waals surface area (Å²) in [6.45, 7) is 13.9. The quantitative estimate of drug-likeness (QED) is 0.290. The van der Waals surface area contributed by atoms with Crippen molar-refractivity contribution in [3.63, 3.8) is 0 Å². The molecule has 3 heteroatoms. The first kappa shape index (κ1) is 25.2. The van der Waals surface area contributed by atoms with Crippen molar-refractivity contribution in [2.75, 3.05) is 0 Å². The van der Waals surface area contributed by atoms with Crippen LogP contribution in [0.2, 0.25) is 0 Å². The molecule has 2 N–H and O–H groups in total. The van der Waals surface area contributed by atoms with Crippen LogP contribution in [0.15, 0.2) is 11.6 Å². The molecule has 0 aromatic carbocycles. The zero-order valence-electron chi connectivity index (χ0n) is 21.5. The van der Waals surface area contributed by atoms with E-state index < -0.39 is 12.2 Å². The summed E-state index contributed by atoms with van der Waals surface area (Å²) in [6, 6.07) is 0. The van der Waals surface area contributed by atoms with E-state index in [-0.39, 0.29) is 11.8 Å². The molecule has 0 saturated heterocycles. The number of allylic oxidation sites excluding steroid dienone is 2. The number of rotatable bonds is 6. The second-order valence-corrected chi connectivity index (χ2v) is 14.3. The molecule has 4 rings (SSSR count). The van der Waals surface area contributed by atoms with E-state index in [4.69, 9.17) is 0 Å². The topological polar surface area (TPSA) is 40.5 Å². The van der Waals surface area contributed by atoms with Crippen LogP contribution >= 0.6 is 15.9 Å². The molecule has 11 atom stereocenters. The summed E-state index contributed by atoms with van der Waals surface area (Å²) in [5.41, 5.74) is 2.48. The molecular formula is C29H49BrO2. The fourth-order valence-electron chi connectivity index (χ4n) is 9.43. The highest BCUT2D eigenvalue weighted by Crippen LogP contribution is 2.67. The Morgan fingerprint density at radius 3 is 2.38 bits per heavy atom. The minimum absolute atomic E-state index is 0.165. The first-order valence-corrected chi connectivity index (χ1v) is 14.7. The van der Waals surface area contributed by atoms with Gasteiger partial charge in [0.05, 0.1) is 12.2 Å². The van der Waals surface area contributed by atoms with Crippen LogP contribution in [-0.2, 0) is 0 Å². The largest absolute Gasteiger partial charge is 0.390 e. The molecule has 32 heavy (non-hydrogen) atoms. The van der Waals surface area contributed by atoms with Crippen molar-refractivity contribution in [3.8, 4) is 0 Å². The number of hydrogen-bond donors (Lipinski definition) is 2. The third-order valence-electron chi connectivity index (χ3n) is 11.4. The van der Waals surface area contributed by atoms with E-state index in [0.717, 1.165) is 24.2 Å². The Hall–Kier alpha value is 0.140. The molecule has 184 valence electrons. The van der Waals surface area contributed by atoms with Crippen LogP contribution in [-0.4, -0.2) is 27.2 Å². The summed E-state index contributed by atoms with van der Waals surface area (Å²) in [7, 11) is 0. The third-order valence-corrected chi connectivity index (χ3v) is 12.2. The average Bonchev–Trinajstić information content (AvgIpc) is 3.10. The van der Waals surface area contributed by atoms with Gasteiger partial charge in [-0.3, -0.25) is 0 Å². The first-order valence-electron chi connectivity index (χ1n) is 13.7. The van der Waals surface area contributed by atoms with Crippen LogP contribution in [0.5, 0.6) is 0 Å². The summed E-state index contributed by atoms with van der Waals surface area (Å²) < 4.78 is 0. The molecular weight excluding hydrogens is 460 g/mol. The van der Waals surface area contributed by atoms with Crippen LogP contribution in [0, 0.1) is 52.3 Å². The van der Waals surface area contributed by atoms with E-state index in [1.165, 1.54) is 51.4 Å². The fraction of sp³-hybridized carbons (Fsp3) is 0.931. The second-order valence-electron chi connectivity index (χ2n) is 13.0. The van der Waals surface area contributed by atoms with Gasteiger partial charge in [-0.1, -0.05) is 75.5 Å². The molecule has 4 aliphatic rings. The molecule has 3 saturated carbocycles. The molecule has 0 bridgehead atoms. The minimum atomic E-state index is -0.606. The molecule has 2 nitrogen and oxygen atoms in total. The molecule has 0 radical (unpaired) electrons. The van der Waals surface area contributed by atoms with Crippen LogP contribution in [0.3, 0.4) is 0 Å². The molecule has 0 aromatic heterocycles. The Labute approximate surface area is 206 Å². The summed E-state index contributed by atoms with van der Waals surface area (Å²) >= 11 is 3.90. The molecule has 0 unspecified atom stereocenters. The zero-order valence-corrected chi connectivity index (χ0v) is 23.1. The first-order chi connectivity index (χ1) is 15.0. The predicted molar refractivity (Wildman–Crippen MR) is 138 cm³/mol. The van der Waals surface area contributed by atoms with Gasteiger partial charge in [-0.05, 0) is 104 Å². The van der Waals surface area contributed by atoms with Crippen molar-refractivity contribution in [2.45, 2.75) is 116 Å². The van der Waals surface area contributed by atoms with E-state index in [9.17, 15) is 10.2 Å². The van der Waals surface area contributed by atoms with Crippen molar-refractivity contribution in [1.82, 2.24) is 0 Å². The van der Waals surface area contributed by atoms with Gasteiger partial charge in [-0.25, -0.2) is 0 Å². The Kier molecular flexibility index (Phi) is 7.34. The van der Waals surface area contributed by atoms with Gasteiger partial charge < -0.3 is 10.2 Å². The Morgan fingerprint density at radius 2 is 1.72 bits per heavy atom. The number of halogens is 1. The van der Waals surface area contributed by atoms with Crippen molar-refractivity contribution in [3.05, 3.63) is 11.6 Å². The van der Waals surface area contributed by atoms with Gasteiger partial charge in [0.2, 0.25) is 0 Å². The summed E-state index contributed by atoms with van der Waals surface area (Å²) in [4.78, 5) is 0.676. The minimum Gasteiger partial charge on any atom is -0.390 e. The van der Waals surface area contributed by atoms with Crippen molar-refractivity contribution in [2.24, 2.45) is 52.3 Å². The number of hydrogen-bond acceptors (Lipinski definition) is 2. The number of aliphatic hydroxyl groups is 2. The number of aliphatic hydroxyl groups excluding tert-OH is 2. The van der Waals surface area contributed by atoms with Crippen molar-refractivity contribution < 1.29 is 10.2 Å². The fourth-order valence-corrected chi connectivity index (χ4v) is 10.0. The summed E-state index contributed by atoms with van der Waals surface area (Å²) in [6.07, 6.45) is 12.7. The molecule has 0 heterocycles. The van der Waals surface area contributed by atoms with E-state index in [1.54, 1.807) is 5.57 Å². The lowest BCUT2D eigenvalue weighted by atomic mass is 9.47. The highest BCUT2D eigenvalue weighted by Gasteiger charge is 2.59. The lowest BCUT2D eigenvalue weighted by Crippen LogP contribution is -2.52. The lowest BCUT2D eigenvalue weighted by Gasteiger charge is -2.58. The van der Waals surface area contributed by atoms with Gasteiger partial charge >= 0.3 is 0 Å².